The normalized spacial score (nSPS) is 19.1. The van der Waals surface area contributed by atoms with Crippen LogP contribution in [0.4, 0.5) is 5.82 Å². The summed E-state index contributed by atoms with van der Waals surface area (Å²) in [5.74, 6) is 0.203. The van der Waals surface area contributed by atoms with Crippen LogP contribution in [0.2, 0.25) is 0 Å². The van der Waals surface area contributed by atoms with Gasteiger partial charge >= 0.3 is 0 Å². The summed E-state index contributed by atoms with van der Waals surface area (Å²) < 4.78 is 26.3. The molecule has 0 spiro atoms. The lowest BCUT2D eigenvalue weighted by molar-refractivity contribution is -0.122. The Morgan fingerprint density at radius 1 is 1.39 bits per heavy atom. The molecule has 7 nitrogen and oxygen atoms in total. The first kappa shape index (κ1) is 17.7. The van der Waals surface area contributed by atoms with E-state index in [2.05, 4.69) is 4.98 Å². The van der Waals surface area contributed by atoms with E-state index in [1.54, 1.807) is 26.0 Å². The van der Waals surface area contributed by atoms with E-state index in [-0.39, 0.29) is 16.7 Å². The summed E-state index contributed by atoms with van der Waals surface area (Å²) in [4.78, 5) is 17.8. The maximum Gasteiger partial charge on any atom is 0.244 e. The van der Waals surface area contributed by atoms with Crippen molar-refractivity contribution >= 4 is 21.7 Å². The Bertz CT molecular complexity index is 641. The number of carbonyl (C=O) groups is 1. The van der Waals surface area contributed by atoms with E-state index in [1.807, 2.05) is 4.90 Å². The number of pyridine rings is 1. The minimum atomic E-state index is -3.49. The molecule has 0 aromatic carbocycles. The van der Waals surface area contributed by atoms with Gasteiger partial charge in [0.1, 0.15) is 10.7 Å². The summed E-state index contributed by atoms with van der Waals surface area (Å²) in [6.45, 7) is 5.78. The quantitative estimate of drug-likeness (QED) is 0.827. The van der Waals surface area contributed by atoms with E-state index in [4.69, 9.17) is 5.73 Å². The fourth-order valence-corrected chi connectivity index (χ4v) is 4.25. The lowest BCUT2D eigenvalue weighted by Crippen LogP contribution is -2.41. The second kappa shape index (κ2) is 7.27. The van der Waals surface area contributed by atoms with Crippen LogP contribution in [0.3, 0.4) is 0 Å². The van der Waals surface area contributed by atoms with Gasteiger partial charge in [-0.25, -0.2) is 13.4 Å². The van der Waals surface area contributed by atoms with E-state index in [9.17, 15) is 13.2 Å². The lowest BCUT2D eigenvalue weighted by Gasteiger charge is -2.32. The number of sulfonamides is 1. The summed E-state index contributed by atoms with van der Waals surface area (Å²) in [6.07, 6.45) is 3.05. The number of aromatic nitrogens is 1. The van der Waals surface area contributed by atoms with Crippen molar-refractivity contribution in [3.63, 3.8) is 0 Å². The maximum absolute atomic E-state index is 12.4. The van der Waals surface area contributed by atoms with Crippen molar-refractivity contribution in [2.75, 3.05) is 31.1 Å². The van der Waals surface area contributed by atoms with E-state index >= 15 is 0 Å². The van der Waals surface area contributed by atoms with Gasteiger partial charge in [-0.15, -0.1) is 0 Å². The number of hydrogen-bond acceptors (Lipinski definition) is 5. The van der Waals surface area contributed by atoms with Gasteiger partial charge in [-0.05, 0) is 25.0 Å². The number of piperidine rings is 1. The topological polar surface area (TPSA) is 96.6 Å². The number of nitrogens with zero attached hydrogens (tertiary/aromatic N) is 3. The summed E-state index contributed by atoms with van der Waals surface area (Å²) >= 11 is 0. The van der Waals surface area contributed by atoms with E-state index in [0.717, 1.165) is 19.4 Å². The third-order valence-corrected chi connectivity index (χ3v) is 6.25. The van der Waals surface area contributed by atoms with Crippen molar-refractivity contribution in [3.05, 3.63) is 18.3 Å². The van der Waals surface area contributed by atoms with Gasteiger partial charge in [0.05, 0.1) is 5.92 Å². The number of anilines is 1. The number of carbonyl (C=O) groups excluding carboxylic acids is 1. The highest BCUT2D eigenvalue weighted by atomic mass is 32.2. The van der Waals surface area contributed by atoms with Gasteiger partial charge in [0, 0.05) is 32.4 Å². The number of rotatable bonds is 6. The molecule has 0 bridgehead atoms. The lowest BCUT2D eigenvalue weighted by atomic mass is 9.97. The summed E-state index contributed by atoms with van der Waals surface area (Å²) in [5, 5.41) is 0. The SMILES string of the molecule is CCN(CC)S(=O)(=O)c1ccc(N2CCC[C@@H](C(N)=O)C2)nc1. The standard InChI is InChI=1S/C15H24N4O3S/c1-3-19(4-2)23(21,22)13-7-8-14(17-10-13)18-9-5-6-12(11-18)15(16)20/h7-8,10,12H,3-6,9,11H2,1-2H3,(H2,16,20)/t12-/m1/s1. The van der Waals surface area contributed by atoms with Gasteiger partial charge in [-0.3, -0.25) is 4.79 Å². The zero-order valence-corrected chi connectivity index (χ0v) is 14.4. The van der Waals surface area contributed by atoms with Crippen molar-refractivity contribution in [1.29, 1.82) is 0 Å². The van der Waals surface area contributed by atoms with E-state index in [0.29, 0.717) is 25.5 Å². The molecule has 0 aliphatic carbocycles. The van der Waals surface area contributed by atoms with Crippen LogP contribution in [0.5, 0.6) is 0 Å². The van der Waals surface area contributed by atoms with Gasteiger partial charge in [-0.1, -0.05) is 13.8 Å². The van der Waals surface area contributed by atoms with Gasteiger partial charge in [-0.2, -0.15) is 4.31 Å². The minimum Gasteiger partial charge on any atom is -0.369 e. The van der Waals surface area contributed by atoms with Gasteiger partial charge in [0.25, 0.3) is 0 Å². The van der Waals surface area contributed by atoms with Crippen molar-refractivity contribution in [2.24, 2.45) is 11.7 Å². The number of primary amides is 1. The first-order chi connectivity index (χ1) is 10.9. The molecule has 1 aromatic heterocycles. The molecule has 0 unspecified atom stereocenters. The summed E-state index contributed by atoms with van der Waals surface area (Å²) in [7, 11) is -3.49. The molecule has 2 rings (SSSR count). The fraction of sp³-hybridized carbons (Fsp3) is 0.600. The predicted octanol–water partition coefficient (Wildman–Crippen LogP) is 0.814. The highest BCUT2D eigenvalue weighted by Crippen LogP contribution is 2.23. The molecule has 1 saturated heterocycles. The van der Waals surface area contributed by atoms with Crippen molar-refractivity contribution in [1.82, 2.24) is 9.29 Å². The number of amides is 1. The Morgan fingerprint density at radius 2 is 2.09 bits per heavy atom. The third-order valence-electron chi connectivity index (χ3n) is 4.21. The Hall–Kier alpha value is -1.67. The van der Waals surface area contributed by atoms with E-state index in [1.165, 1.54) is 10.5 Å². The van der Waals surface area contributed by atoms with Crippen molar-refractivity contribution < 1.29 is 13.2 Å². The zero-order valence-electron chi connectivity index (χ0n) is 13.6. The second-order valence-electron chi connectivity index (χ2n) is 5.63. The Morgan fingerprint density at radius 3 is 2.61 bits per heavy atom. The molecular formula is C15H24N4O3S. The molecule has 0 radical (unpaired) electrons. The Balaban J connectivity index is 2.18. The average Bonchev–Trinajstić information content (AvgIpc) is 2.56. The van der Waals surface area contributed by atoms with Crippen molar-refractivity contribution in [3.8, 4) is 0 Å². The Kier molecular flexibility index (Phi) is 5.59. The van der Waals surface area contributed by atoms with Crippen LogP contribution in [-0.2, 0) is 14.8 Å². The molecule has 0 saturated carbocycles. The largest absolute Gasteiger partial charge is 0.369 e. The molecule has 8 heteroatoms. The molecule has 1 amide bonds. The molecule has 1 fully saturated rings. The first-order valence-electron chi connectivity index (χ1n) is 7.90. The predicted molar refractivity (Wildman–Crippen MR) is 88.5 cm³/mol. The minimum absolute atomic E-state index is 0.176. The van der Waals surface area contributed by atoms with Crippen LogP contribution in [-0.4, -0.2) is 49.8 Å². The average molecular weight is 340 g/mol. The summed E-state index contributed by atoms with van der Waals surface area (Å²) in [5.41, 5.74) is 5.38. The molecule has 1 atom stereocenters. The third kappa shape index (κ3) is 3.81. The molecule has 1 aromatic rings. The van der Waals surface area contributed by atoms with Crippen LogP contribution in [0.25, 0.3) is 0 Å². The molecule has 2 heterocycles. The second-order valence-corrected chi connectivity index (χ2v) is 7.57. The molecule has 1 aliphatic heterocycles. The maximum atomic E-state index is 12.4. The van der Waals surface area contributed by atoms with Crippen LogP contribution >= 0.6 is 0 Å². The van der Waals surface area contributed by atoms with Gasteiger partial charge in [0.15, 0.2) is 0 Å². The highest BCUT2D eigenvalue weighted by molar-refractivity contribution is 7.89. The number of hydrogen-bond donors (Lipinski definition) is 1. The number of nitrogens with two attached hydrogens (primary N) is 1. The molecule has 1 aliphatic rings. The first-order valence-corrected chi connectivity index (χ1v) is 9.34. The van der Waals surface area contributed by atoms with Crippen molar-refractivity contribution in [2.45, 2.75) is 31.6 Å². The van der Waals surface area contributed by atoms with Gasteiger partial charge < -0.3 is 10.6 Å². The smallest absolute Gasteiger partial charge is 0.244 e. The molecule has 23 heavy (non-hydrogen) atoms. The summed E-state index contributed by atoms with van der Waals surface area (Å²) in [6, 6.07) is 3.27. The fourth-order valence-electron chi connectivity index (χ4n) is 2.84. The van der Waals surface area contributed by atoms with Gasteiger partial charge in [0.2, 0.25) is 15.9 Å². The van der Waals surface area contributed by atoms with E-state index < -0.39 is 10.0 Å². The zero-order chi connectivity index (χ0) is 17.0. The van der Waals surface area contributed by atoms with Crippen LogP contribution in [0, 0.1) is 5.92 Å². The molecular weight excluding hydrogens is 316 g/mol. The molecule has 128 valence electrons. The van der Waals surface area contributed by atoms with Crippen LogP contribution in [0.1, 0.15) is 26.7 Å². The van der Waals surface area contributed by atoms with Crippen LogP contribution < -0.4 is 10.6 Å². The monoisotopic (exact) mass is 340 g/mol. The Labute approximate surface area is 137 Å². The molecule has 2 N–H and O–H groups in total. The van der Waals surface area contributed by atoms with Crippen LogP contribution in [0.15, 0.2) is 23.2 Å². The highest BCUT2D eigenvalue weighted by Gasteiger charge is 2.26.